The van der Waals surface area contributed by atoms with Gasteiger partial charge in [-0.1, -0.05) is 15.9 Å². The molecule has 0 bridgehead atoms. The normalized spacial score (nSPS) is 15.8. The van der Waals surface area contributed by atoms with Gasteiger partial charge in [-0.15, -0.1) is 0 Å². The molecule has 0 aliphatic carbocycles. The van der Waals surface area contributed by atoms with Crippen LogP contribution in [-0.4, -0.2) is 37.2 Å². The standard InChI is InChI=1S/C12H15BrN2O2/c1-9-8-10(13)2-3-11(9)14-12(16)15-4-6-17-7-5-15/h2-3,8H,4-7H2,1H3,(H,14,16). The molecule has 1 fully saturated rings. The highest BCUT2D eigenvalue weighted by Crippen LogP contribution is 2.20. The Labute approximate surface area is 109 Å². The average Bonchev–Trinajstić information content (AvgIpc) is 2.34. The van der Waals surface area contributed by atoms with Crippen molar-refractivity contribution < 1.29 is 9.53 Å². The maximum atomic E-state index is 12.0. The topological polar surface area (TPSA) is 41.6 Å². The first-order valence-electron chi connectivity index (χ1n) is 5.56. The predicted octanol–water partition coefficient (Wildman–Crippen LogP) is 2.62. The number of halogens is 1. The summed E-state index contributed by atoms with van der Waals surface area (Å²) in [5.41, 5.74) is 1.89. The zero-order valence-electron chi connectivity index (χ0n) is 9.70. The number of hydrogen-bond acceptors (Lipinski definition) is 2. The Morgan fingerprint density at radius 1 is 1.41 bits per heavy atom. The van der Waals surface area contributed by atoms with Crippen LogP contribution >= 0.6 is 15.9 Å². The van der Waals surface area contributed by atoms with Crippen molar-refractivity contribution in [1.82, 2.24) is 4.90 Å². The third kappa shape index (κ3) is 3.20. The molecule has 0 saturated carbocycles. The van der Waals surface area contributed by atoms with Crippen LogP contribution in [0.4, 0.5) is 10.5 Å². The molecule has 0 unspecified atom stereocenters. The van der Waals surface area contributed by atoms with Gasteiger partial charge in [-0.25, -0.2) is 4.79 Å². The molecule has 1 aliphatic rings. The summed E-state index contributed by atoms with van der Waals surface area (Å²) in [5, 5.41) is 2.92. The van der Waals surface area contributed by atoms with E-state index in [1.54, 1.807) is 4.90 Å². The van der Waals surface area contributed by atoms with E-state index < -0.39 is 0 Å². The largest absolute Gasteiger partial charge is 0.378 e. The number of urea groups is 1. The van der Waals surface area contributed by atoms with Crippen LogP contribution in [0.3, 0.4) is 0 Å². The zero-order valence-corrected chi connectivity index (χ0v) is 11.3. The summed E-state index contributed by atoms with van der Waals surface area (Å²) in [6, 6.07) is 5.74. The lowest BCUT2D eigenvalue weighted by Crippen LogP contribution is -2.43. The smallest absolute Gasteiger partial charge is 0.322 e. The molecule has 0 radical (unpaired) electrons. The van der Waals surface area contributed by atoms with Gasteiger partial charge in [0.15, 0.2) is 0 Å². The maximum Gasteiger partial charge on any atom is 0.322 e. The Balaban J connectivity index is 2.02. The number of nitrogens with zero attached hydrogens (tertiary/aromatic N) is 1. The Kier molecular flexibility index (Phi) is 4.02. The highest BCUT2D eigenvalue weighted by Gasteiger charge is 2.17. The van der Waals surface area contributed by atoms with Gasteiger partial charge in [0.25, 0.3) is 0 Å². The summed E-state index contributed by atoms with van der Waals surface area (Å²) < 4.78 is 6.22. The van der Waals surface area contributed by atoms with Crippen molar-refractivity contribution in [3.8, 4) is 0 Å². The summed E-state index contributed by atoms with van der Waals surface area (Å²) in [4.78, 5) is 13.7. The fourth-order valence-corrected chi connectivity index (χ4v) is 2.20. The number of nitrogens with one attached hydrogen (secondary N) is 1. The van der Waals surface area contributed by atoms with Gasteiger partial charge in [0.1, 0.15) is 0 Å². The Bertz CT molecular complexity index is 417. The van der Waals surface area contributed by atoms with Crippen molar-refractivity contribution in [3.05, 3.63) is 28.2 Å². The van der Waals surface area contributed by atoms with Crippen LogP contribution < -0.4 is 5.32 Å². The molecule has 1 aliphatic heterocycles. The second kappa shape index (κ2) is 5.51. The van der Waals surface area contributed by atoms with Crippen molar-refractivity contribution in [3.63, 3.8) is 0 Å². The number of aryl methyl sites for hydroxylation is 1. The van der Waals surface area contributed by atoms with E-state index in [4.69, 9.17) is 4.74 Å². The SMILES string of the molecule is Cc1cc(Br)ccc1NC(=O)N1CCOCC1. The van der Waals surface area contributed by atoms with E-state index in [9.17, 15) is 4.79 Å². The molecule has 0 atom stereocenters. The van der Waals surface area contributed by atoms with Gasteiger partial charge < -0.3 is 15.0 Å². The van der Waals surface area contributed by atoms with Crippen LogP contribution in [0.15, 0.2) is 22.7 Å². The van der Waals surface area contributed by atoms with Crippen molar-refractivity contribution in [2.45, 2.75) is 6.92 Å². The van der Waals surface area contributed by atoms with Gasteiger partial charge >= 0.3 is 6.03 Å². The van der Waals surface area contributed by atoms with Crippen molar-refractivity contribution in [2.24, 2.45) is 0 Å². The van der Waals surface area contributed by atoms with Crippen molar-refractivity contribution >= 4 is 27.6 Å². The van der Waals surface area contributed by atoms with E-state index in [2.05, 4.69) is 21.2 Å². The van der Waals surface area contributed by atoms with Crippen LogP contribution in [-0.2, 0) is 4.74 Å². The molecule has 1 saturated heterocycles. The molecule has 2 rings (SSSR count). The van der Waals surface area contributed by atoms with Crippen molar-refractivity contribution in [1.29, 1.82) is 0 Å². The fraction of sp³-hybridized carbons (Fsp3) is 0.417. The minimum atomic E-state index is -0.0567. The molecule has 1 aromatic carbocycles. The Morgan fingerprint density at radius 3 is 2.76 bits per heavy atom. The molecule has 17 heavy (non-hydrogen) atoms. The third-order valence-corrected chi connectivity index (χ3v) is 3.22. The number of ether oxygens (including phenoxy) is 1. The molecule has 92 valence electrons. The number of anilines is 1. The van der Waals surface area contributed by atoms with Crippen LogP contribution in [0, 0.1) is 6.92 Å². The molecule has 0 aromatic heterocycles. The number of carbonyl (C=O) groups is 1. The summed E-state index contributed by atoms with van der Waals surface area (Å²) in [5.74, 6) is 0. The number of carbonyl (C=O) groups excluding carboxylic acids is 1. The van der Waals surface area contributed by atoms with Gasteiger partial charge in [0, 0.05) is 23.2 Å². The lowest BCUT2D eigenvalue weighted by molar-refractivity contribution is 0.0564. The number of hydrogen-bond donors (Lipinski definition) is 1. The van der Waals surface area contributed by atoms with Gasteiger partial charge in [-0.05, 0) is 30.7 Å². The summed E-state index contributed by atoms with van der Waals surface area (Å²) in [6.07, 6.45) is 0. The van der Waals surface area contributed by atoms with E-state index in [1.807, 2.05) is 25.1 Å². The number of morpholine rings is 1. The first-order valence-corrected chi connectivity index (χ1v) is 6.36. The first-order chi connectivity index (χ1) is 8.16. The molecule has 1 N–H and O–H groups in total. The summed E-state index contributed by atoms with van der Waals surface area (Å²) in [6.45, 7) is 4.52. The predicted molar refractivity (Wildman–Crippen MR) is 70.3 cm³/mol. The second-order valence-corrected chi connectivity index (χ2v) is 4.90. The fourth-order valence-electron chi connectivity index (χ4n) is 1.73. The average molecular weight is 299 g/mol. The second-order valence-electron chi connectivity index (χ2n) is 3.99. The van der Waals surface area contributed by atoms with Gasteiger partial charge in [0.2, 0.25) is 0 Å². The zero-order chi connectivity index (χ0) is 12.3. The summed E-state index contributed by atoms with van der Waals surface area (Å²) in [7, 11) is 0. The molecule has 2 amide bonds. The molecular formula is C12H15BrN2O2. The monoisotopic (exact) mass is 298 g/mol. The van der Waals surface area contributed by atoms with E-state index in [0.29, 0.717) is 26.3 Å². The van der Waals surface area contributed by atoms with Crippen molar-refractivity contribution in [2.75, 3.05) is 31.6 Å². The molecule has 4 nitrogen and oxygen atoms in total. The molecule has 1 heterocycles. The highest BCUT2D eigenvalue weighted by atomic mass is 79.9. The summed E-state index contributed by atoms with van der Waals surface area (Å²) >= 11 is 3.40. The van der Waals surface area contributed by atoms with E-state index >= 15 is 0 Å². The quantitative estimate of drug-likeness (QED) is 0.866. The van der Waals surface area contributed by atoms with Crippen LogP contribution in [0.1, 0.15) is 5.56 Å². The number of amides is 2. The first kappa shape index (κ1) is 12.4. The molecule has 0 spiro atoms. The third-order valence-electron chi connectivity index (χ3n) is 2.73. The maximum absolute atomic E-state index is 12.0. The van der Waals surface area contributed by atoms with Gasteiger partial charge in [-0.3, -0.25) is 0 Å². The van der Waals surface area contributed by atoms with Gasteiger partial charge in [-0.2, -0.15) is 0 Å². The minimum Gasteiger partial charge on any atom is -0.378 e. The number of benzene rings is 1. The van der Waals surface area contributed by atoms with E-state index in [0.717, 1.165) is 15.7 Å². The Morgan fingerprint density at radius 2 is 2.12 bits per heavy atom. The van der Waals surface area contributed by atoms with Gasteiger partial charge in [0.05, 0.1) is 13.2 Å². The lowest BCUT2D eigenvalue weighted by atomic mass is 10.2. The van der Waals surface area contributed by atoms with Crippen LogP contribution in [0.25, 0.3) is 0 Å². The van der Waals surface area contributed by atoms with Crippen LogP contribution in [0.2, 0.25) is 0 Å². The number of rotatable bonds is 1. The highest BCUT2D eigenvalue weighted by molar-refractivity contribution is 9.10. The minimum absolute atomic E-state index is 0.0567. The van der Waals surface area contributed by atoms with Crippen LogP contribution in [0.5, 0.6) is 0 Å². The van der Waals surface area contributed by atoms with E-state index in [1.165, 1.54) is 0 Å². The Hall–Kier alpha value is -1.07. The lowest BCUT2D eigenvalue weighted by Gasteiger charge is -2.27. The molecule has 5 heteroatoms. The molecule has 1 aromatic rings. The van der Waals surface area contributed by atoms with E-state index in [-0.39, 0.29) is 6.03 Å². The molecular weight excluding hydrogens is 284 g/mol.